The Bertz CT molecular complexity index is 468. The van der Waals surface area contributed by atoms with E-state index in [1.54, 1.807) is 26.0 Å². The lowest BCUT2D eigenvalue weighted by atomic mass is 10.2. The quantitative estimate of drug-likeness (QED) is 0.852. The third-order valence-corrected chi connectivity index (χ3v) is 4.49. The zero-order chi connectivity index (χ0) is 12.3. The molecule has 2 N–H and O–H groups in total. The Hall–Kier alpha value is -1.23. The Balaban J connectivity index is 2.93. The minimum Gasteiger partial charge on any atom is -0.508 e. The number of rotatable bonds is 4. The van der Waals surface area contributed by atoms with E-state index in [1.807, 2.05) is 6.92 Å². The molecule has 0 heterocycles. The van der Waals surface area contributed by atoms with E-state index < -0.39 is 15.3 Å². The summed E-state index contributed by atoms with van der Waals surface area (Å²) in [5, 5.41) is 9.01. The Labute approximate surface area is 96.4 Å². The van der Waals surface area contributed by atoms with Crippen molar-refractivity contribution in [3.05, 3.63) is 23.8 Å². The summed E-state index contributed by atoms with van der Waals surface area (Å²) in [4.78, 5) is 0. The van der Waals surface area contributed by atoms with Gasteiger partial charge < -0.3 is 5.11 Å². The van der Waals surface area contributed by atoms with Gasteiger partial charge in [-0.1, -0.05) is 13.0 Å². The van der Waals surface area contributed by atoms with Crippen LogP contribution in [-0.4, -0.2) is 18.8 Å². The number of aromatic hydroxyl groups is 1. The molecule has 0 spiro atoms. The van der Waals surface area contributed by atoms with Crippen molar-refractivity contribution in [1.82, 2.24) is 0 Å². The molecule has 5 heteroatoms. The molecule has 0 radical (unpaired) electrons. The van der Waals surface area contributed by atoms with Gasteiger partial charge in [0, 0.05) is 6.07 Å². The summed E-state index contributed by atoms with van der Waals surface area (Å²) in [6, 6.07) is 4.72. The first-order chi connectivity index (χ1) is 7.36. The van der Waals surface area contributed by atoms with E-state index in [2.05, 4.69) is 4.72 Å². The van der Waals surface area contributed by atoms with E-state index in [4.69, 9.17) is 0 Å². The van der Waals surface area contributed by atoms with Crippen LogP contribution in [0.2, 0.25) is 0 Å². The molecule has 0 saturated heterocycles. The van der Waals surface area contributed by atoms with Gasteiger partial charge in [0.05, 0.1) is 10.9 Å². The molecule has 0 fully saturated rings. The molecule has 1 rings (SSSR count). The average molecular weight is 243 g/mol. The fraction of sp³-hybridized carbons (Fsp3) is 0.455. The predicted molar refractivity (Wildman–Crippen MR) is 65.1 cm³/mol. The van der Waals surface area contributed by atoms with Gasteiger partial charge in [0.25, 0.3) is 0 Å². The van der Waals surface area contributed by atoms with Gasteiger partial charge in [-0.15, -0.1) is 0 Å². The van der Waals surface area contributed by atoms with E-state index in [9.17, 15) is 13.5 Å². The minimum absolute atomic E-state index is 0.0874. The number of phenolic OH excluding ortho intramolecular Hbond substituents is 1. The van der Waals surface area contributed by atoms with Crippen LogP contribution in [0.3, 0.4) is 0 Å². The van der Waals surface area contributed by atoms with Crippen LogP contribution in [0.25, 0.3) is 0 Å². The van der Waals surface area contributed by atoms with E-state index in [1.165, 1.54) is 6.07 Å². The first-order valence-corrected chi connectivity index (χ1v) is 6.72. The molecule has 0 aliphatic rings. The van der Waals surface area contributed by atoms with Crippen LogP contribution in [0.15, 0.2) is 18.2 Å². The second-order valence-corrected chi connectivity index (χ2v) is 5.97. The van der Waals surface area contributed by atoms with E-state index in [0.29, 0.717) is 17.7 Å². The van der Waals surface area contributed by atoms with Crippen molar-refractivity contribution in [2.24, 2.45) is 0 Å². The summed E-state index contributed by atoms with van der Waals surface area (Å²) in [5.41, 5.74) is 1.11. The lowest BCUT2D eigenvalue weighted by Crippen LogP contribution is -2.24. The van der Waals surface area contributed by atoms with Gasteiger partial charge in [-0.25, -0.2) is 8.42 Å². The summed E-state index contributed by atoms with van der Waals surface area (Å²) >= 11 is 0. The number of hydrogen-bond acceptors (Lipinski definition) is 3. The van der Waals surface area contributed by atoms with Gasteiger partial charge in [0.15, 0.2) is 0 Å². The second kappa shape index (κ2) is 4.74. The van der Waals surface area contributed by atoms with Crippen molar-refractivity contribution in [2.45, 2.75) is 32.4 Å². The third kappa shape index (κ3) is 2.88. The van der Waals surface area contributed by atoms with Crippen LogP contribution in [0.1, 0.15) is 25.8 Å². The first-order valence-electron chi connectivity index (χ1n) is 5.18. The number of phenols is 1. The van der Waals surface area contributed by atoms with Crippen molar-refractivity contribution < 1.29 is 13.5 Å². The average Bonchev–Trinajstić information content (AvgIpc) is 2.22. The molecule has 0 bridgehead atoms. The Kier molecular flexibility index (Phi) is 3.80. The Morgan fingerprint density at radius 3 is 2.56 bits per heavy atom. The predicted octanol–water partition coefficient (Wildman–Crippen LogP) is 2.24. The van der Waals surface area contributed by atoms with Crippen molar-refractivity contribution in [1.29, 1.82) is 0 Å². The SMILES string of the molecule is CCC(C)S(=O)(=O)Nc1ccc(C)c(O)c1. The highest BCUT2D eigenvalue weighted by atomic mass is 32.2. The summed E-state index contributed by atoms with van der Waals surface area (Å²) in [6.07, 6.45) is 0.549. The molecule has 0 amide bonds. The molecular weight excluding hydrogens is 226 g/mol. The number of sulfonamides is 1. The largest absolute Gasteiger partial charge is 0.508 e. The maximum absolute atomic E-state index is 11.7. The van der Waals surface area contributed by atoms with Gasteiger partial charge in [0.2, 0.25) is 10.0 Å². The smallest absolute Gasteiger partial charge is 0.235 e. The number of anilines is 1. The summed E-state index contributed by atoms with van der Waals surface area (Å²) in [6.45, 7) is 5.22. The van der Waals surface area contributed by atoms with Crippen LogP contribution < -0.4 is 4.72 Å². The van der Waals surface area contributed by atoms with Crippen molar-refractivity contribution in [3.8, 4) is 5.75 Å². The zero-order valence-electron chi connectivity index (χ0n) is 9.69. The molecule has 1 aromatic rings. The van der Waals surface area contributed by atoms with Crippen LogP contribution in [-0.2, 0) is 10.0 Å². The third-order valence-electron chi connectivity index (χ3n) is 2.57. The molecule has 0 aromatic heterocycles. The molecule has 16 heavy (non-hydrogen) atoms. The van der Waals surface area contributed by atoms with Gasteiger partial charge in [-0.2, -0.15) is 0 Å². The van der Waals surface area contributed by atoms with Crippen LogP contribution in [0.5, 0.6) is 5.75 Å². The van der Waals surface area contributed by atoms with E-state index in [0.717, 1.165) is 0 Å². The van der Waals surface area contributed by atoms with Gasteiger partial charge in [-0.05, 0) is 31.9 Å². The number of aryl methyl sites for hydroxylation is 1. The molecule has 4 nitrogen and oxygen atoms in total. The van der Waals surface area contributed by atoms with E-state index >= 15 is 0 Å². The summed E-state index contributed by atoms with van der Waals surface area (Å²) in [5.74, 6) is 0.0874. The van der Waals surface area contributed by atoms with Crippen molar-refractivity contribution >= 4 is 15.7 Å². The summed E-state index contributed by atoms with van der Waals surface area (Å²) in [7, 11) is -3.35. The molecule has 1 unspecified atom stereocenters. The second-order valence-electron chi connectivity index (χ2n) is 3.87. The van der Waals surface area contributed by atoms with Crippen LogP contribution in [0.4, 0.5) is 5.69 Å². The van der Waals surface area contributed by atoms with Gasteiger partial charge >= 0.3 is 0 Å². The minimum atomic E-state index is -3.35. The Morgan fingerprint density at radius 2 is 2.06 bits per heavy atom. The highest BCUT2D eigenvalue weighted by molar-refractivity contribution is 7.93. The van der Waals surface area contributed by atoms with Crippen molar-refractivity contribution in [3.63, 3.8) is 0 Å². The fourth-order valence-electron chi connectivity index (χ4n) is 1.16. The summed E-state index contributed by atoms with van der Waals surface area (Å²) < 4.78 is 25.9. The molecule has 0 aliphatic heterocycles. The standard InChI is InChI=1S/C11H17NO3S/c1-4-9(3)16(14,15)12-10-6-5-8(2)11(13)7-10/h5-7,9,12-13H,4H2,1-3H3. The van der Waals surface area contributed by atoms with E-state index in [-0.39, 0.29) is 5.75 Å². The molecule has 0 aliphatic carbocycles. The number of hydrogen-bond donors (Lipinski definition) is 2. The lowest BCUT2D eigenvalue weighted by Gasteiger charge is -2.13. The number of nitrogens with one attached hydrogen (secondary N) is 1. The highest BCUT2D eigenvalue weighted by Gasteiger charge is 2.18. The number of benzene rings is 1. The molecule has 1 atom stereocenters. The topological polar surface area (TPSA) is 66.4 Å². The van der Waals surface area contributed by atoms with Gasteiger partial charge in [-0.3, -0.25) is 4.72 Å². The zero-order valence-corrected chi connectivity index (χ0v) is 10.5. The van der Waals surface area contributed by atoms with Gasteiger partial charge in [0.1, 0.15) is 5.75 Å². The lowest BCUT2D eigenvalue weighted by molar-refractivity contribution is 0.471. The highest BCUT2D eigenvalue weighted by Crippen LogP contribution is 2.22. The molecule has 0 saturated carbocycles. The van der Waals surface area contributed by atoms with Crippen LogP contribution >= 0.6 is 0 Å². The van der Waals surface area contributed by atoms with Crippen molar-refractivity contribution in [2.75, 3.05) is 4.72 Å². The maximum atomic E-state index is 11.7. The fourth-order valence-corrected chi connectivity index (χ4v) is 2.25. The molecule has 90 valence electrons. The molecular formula is C11H17NO3S. The first kappa shape index (κ1) is 12.8. The van der Waals surface area contributed by atoms with Crippen LogP contribution in [0, 0.1) is 6.92 Å². The normalized spacial score (nSPS) is 13.4. The Morgan fingerprint density at radius 1 is 1.44 bits per heavy atom. The monoisotopic (exact) mass is 243 g/mol. The molecule has 1 aromatic carbocycles. The maximum Gasteiger partial charge on any atom is 0.235 e.